The van der Waals surface area contributed by atoms with Gasteiger partial charge in [0.15, 0.2) is 6.10 Å². The van der Waals surface area contributed by atoms with Gasteiger partial charge in [-0.3, -0.25) is 9.59 Å². The number of morpholine rings is 1. The monoisotopic (exact) mass is 398 g/mol. The number of benzene rings is 2. The Labute approximate surface area is 170 Å². The third kappa shape index (κ3) is 5.96. The molecule has 0 spiro atoms. The molecular formula is C22H26N2O5. The van der Waals surface area contributed by atoms with Crippen LogP contribution in [-0.2, 0) is 25.5 Å². The van der Waals surface area contributed by atoms with E-state index in [2.05, 4.69) is 10.2 Å². The molecule has 29 heavy (non-hydrogen) atoms. The highest BCUT2D eigenvalue weighted by Gasteiger charge is 2.19. The minimum atomic E-state index is -0.896. The second-order valence-corrected chi connectivity index (χ2v) is 6.80. The number of carbonyl (C=O) groups is 2. The Morgan fingerprint density at radius 1 is 1.14 bits per heavy atom. The standard InChI is InChI=1S/C22H26N2O5/c1-16(29-21(25)15-17-4-3-5-20(14-17)27-2)22(26)23-18-6-8-19(9-7-18)24-10-12-28-13-11-24/h3-9,14,16H,10-13,15H2,1-2H3,(H,23,26)/t16-/m0/s1. The van der Waals surface area contributed by atoms with Gasteiger partial charge in [-0.05, 0) is 48.9 Å². The summed E-state index contributed by atoms with van der Waals surface area (Å²) < 4.78 is 15.8. The molecule has 154 valence electrons. The molecule has 1 atom stereocenters. The molecule has 0 bridgehead atoms. The molecule has 7 nitrogen and oxygen atoms in total. The van der Waals surface area contributed by atoms with E-state index < -0.39 is 12.1 Å². The molecule has 1 fully saturated rings. The highest BCUT2D eigenvalue weighted by Crippen LogP contribution is 2.19. The van der Waals surface area contributed by atoms with Crippen molar-refractivity contribution in [2.45, 2.75) is 19.4 Å². The lowest BCUT2D eigenvalue weighted by Crippen LogP contribution is -2.36. The van der Waals surface area contributed by atoms with Gasteiger partial charge in [0.05, 0.1) is 26.7 Å². The molecule has 0 unspecified atom stereocenters. The predicted octanol–water partition coefficient (Wildman–Crippen LogP) is 2.64. The Balaban J connectivity index is 1.49. The van der Waals surface area contributed by atoms with Gasteiger partial charge >= 0.3 is 5.97 Å². The summed E-state index contributed by atoms with van der Waals surface area (Å²) in [6, 6.07) is 14.8. The molecule has 3 rings (SSSR count). The largest absolute Gasteiger partial charge is 0.497 e. The Hall–Kier alpha value is -3.06. The Morgan fingerprint density at radius 2 is 1.86 bits per heavy atom. The fraction of sp³-hybridized carbons (Fsp3) is 0.364. The van der Waals surface area contributed by atoms with Gasteiger partial charge in [0.2, 0.25) is 0 Å². The van der Waals surface area contributed by atoms with Crippen LogP contribution in [0.1, 0.15) is 12.5 Å². The smallest absolute Gasteiger partial charge is 0.311 e. The maximum Gasteiger partial charge on any atom is 0.311 e. The first-order chi connectivity index (χ1) is 14.0. The molecule has 2 aromatic carbocycles. The van der Waals surface area contributed by atoms with Crippen molar-refractivity contribution in [3.63, 3.8) is 0 Å². The minimum absolute atomic E-state index is 0.0725. The summed E-state index contributed by atoms with van der Waals surface area (Å²) in [6.07, 6.45) is -0.824. The molecule has 1 saturated heterocycles. The molecule has 7 heteroatoms. The van der Waals surface area contributed by atoms with Gasteiger partial charge in [0.1, 0.15) is 5.75 Å². The van der Waals surface area contributed by atoms with Gasteiger partial charge in [0, 0.05) is 24.5 Å². The van der Waals surface area contributed by atoms with Crippen molar-refractivity contribution in [1.29, 1.82) is 0 Å². The van der Waals surface area contributed by atoms with Crippen molar-refractivity contribution in [3.05, 3.63) is 54.1 Å². The van der Waals surface area contributed by atoms with E-state index in [9.17, 15) is 9.59 Å². The van der Waals surface area contributed by atoms with E-state index >= 15 is 0 Å². The predicted molar refractivity (Wildman–Crippen MR) is 110 cm³/mol. The number of anilines is 2. The summed E-state index contributed by atoms with van der Waals surface area (Å²) in [5, 5.41) is 2.78. The van der Waals surface area contributed by atoms with Crippen molar-refractivity contribution in [3.8, 4) is 5.75 Å². The molecular weight excluding hydrogens is 372 g/mol. The van der Waals surface area contributed by atoms with E-state index in [1.807, 2.05) is 30.3 Å². The number of carbonyl (C=O) groups excluding carboxylic acids is 2. The summed E-state index contributed by atoms with van der Waals surface area (Å²) in [5.74, 6) is -0.173. The molecule has 2 aromatic rings. The first kappa shape index (κ1) is 20.7. The second kappa shape index (κ2) is 9.93. The zero-order valence-electron chi connectivity index (χ0n) is 16.7. The Bertz CT molecular complexity index is 831. The third-order valence-corrected chi connectivity index (χ3v) is 4.67. The number of ether oxygens (including phenoxy) is 3. The van der Waals surface area contributed by atoms with E-state index in [1.54, 1.807) is 32.2 Å². The average molecular weight is 398 g/mol. The highest BCUT2D eigenvalue weighted by atomic mass is 16.5. The summed E-state index contributed by atoms with van der Waals surface area (Å²) in [6.45, 7) is 4.70. The van der Waals surface area contributed by atoms with Crippen LogP contribution >= 0.6 is 0 Å². The van der Waals surface area contributed by atoms with E-state index in [0.29, 0.717) is 11.4 Å². The number of amides is 1. The number of methoxy groups -OCH3 is 1. The van der Waals surface area contributed by atoms with E-state index in [1.165, 1.54) is 0 Å². The van der Waals surface area contributed by atoms with Crippen molar-refractivity contribution in [2.24, 2.45) is 0 Å². The van der Waals surface area contributed by atoms with Crippen LogP contribution in [0.2, 0.25) is 0 Å². The number of hydrogen-bond acceptors (Lipinski definition) is 6. The van der Waals surface area contributed by atoms with Gasteiger partial charge in [-0.2, -0.15) is 0 Å². The lowest BCUT2D eigenvalue weighted by molar-refractivity contribution is -0.152. The molecule has 0 aromatic heterocycles. The fourth-order valence-corrected chi connectivity index (χ4v) is 3.06. The van der Waals surface area contributed by atoms with Crippen LogP contribution in [0.25, 0.3) is 0 Å². The number of nitrogens with one attached hydrogen (secondary N) is 1. The Morgan fingerprint density at radius 3 is 2.55 bits per heavy atom. The lowest BCUT2D eigenvalue weighted by Gasteiger charge is -2.28. The molecule has 0 radical (unpaired) electrons. The van der Waals surface area contributed by atoms with Crippen molar-refractivity contribution < 1.29 is 23.8 Å². The Kier molecular flexibility index (Phi) is 7.08. The SMILES string of the molecule is COc1cccc(CC(=O)O[C@@H](C)C(=O)Nc2ccc(N3CCOCC3)cc2)c1. The van der Waals surface area contributed by atoms with Gasteiger partial charge in [-0.25, -0.2) is 0 Å². The minimum Gasteiger partial charge on any atom is -0.497 e. The summed E-state index contributed by atoms with van der Waals surface area (Å²) in [4.78, 5) is 26.7. The molecule has 1 amide bonds. The van der Waals surface area contributed by atoms with Crippen LogP contribution in [-0.4, -0.2) is 51.4 Å². The van der Waals surface area contributed by atoms with E-state index in [0.717, 1.165) is 37.6 Å². The number of esters is 1. The van der Waals surface area contributed by atoms with Gasteiger partial charge < -0.3 is 24.4 Å². The first-order valence-corrected chi connectivity index (χ1v) is 9.61. The normalized spacial score (nSPS) is 14.8. The highest BCUT2D eigenvalue weighted by molar-refractivity contribution is 5.95. The average Bonchev–Trinajstić information content (AvgIpc) is 2.75. The van der Waals surface area contributed by atoms with Gasteiger partial charge in [0.25, 0.3) is 5.91 Å². The second-order valence-electron chi connectivity index (χ2n) is 6.80. The maximum absolute atomic E-state index is 12.4. The van der Waals surface area contributed by atoms with Crippen LogP contribution in [0.5, 0.6) is 5.75 Å². The van der Waals surface area contributed by atoms with Crippen molar-refractivity contribution in [2.75, 3.05) is 43.6 Å². The summed E-state index contributed by atoms with van der Waals surface area (Å²) in [5.41, 5.74) is 2.51. The summed E-state index contributed by atoms with van der Waals surface area (Å²) in [7, 11) is 1.57. The summed E-state index contributed by atoms with van der Waals surface area (Å²) >= 11 is 0. The first-order valence-electron chi connectivity index (χ1n) is 9.61. The van der Waals surface area contributed by atoms with Gasteiger partial charge in [-0.15, -0.1) is 0 Å². The number of nitrogens with zero attached hydrogens (tertiary/aromatic N) is 1. The lowest BCUT2D eigenvalue weighted by atomic mass is 10.1. The topological polar surface area (TPSA) is 77.1 Å². The quantitative estimate of drug-likeness (QED) is 0.723. The van der Waals surface area contributed by atoms with Crippen LogP contribution < -0.4 is 15.0 Å². The van der Waals surface area contributed by atoms with Crippen molar-refractivity contribution >= 4 is 23.3 Å². The number of hydrogen-bond donors (Lipinski definition) is 1. The zero-order chi connectivity index (χ0) is 20.6. The zero-order valence-corrected chi connectivity index (χ0v) is 16.7. The van der Waals surface area contributed by atoms with Crippen LogP contribution in [0.4, 0.5) is 11.4 Å². The van der Waals surface area contributed by atoms with E-state index in [4.69, 9.17) is 14.2 Å². The maximum atomic E-state index is 12.4. The van der Waals surface area contributed by atoms with Gasteiger partial charge in [-0.1, -0.05) is 12.1 Å². The third-order valence-electron chi connectivity index (χ3n) is 4.67. The van der Waals surface area contributed by atoms with Crippen molar-refractivity contribution in [1.82, 2.24) is 0 Å². The molecule has 1 aliphatic heterocycles. The van der Waals surface area contributed by atoms with E-state index in [-0.39, 0.29) is 12.3 Å². The number of rotatable bonds is 7. The molecule has 1 heterocycles. The fourth-order valence-electron chi connectivity index (χ4n) is 3.06. The van der Waals surface area contributed by atoms with Crippen LogP contribution in [0.15, 0.2) is 48.5 Å². The van der Waals surface area contributed by atoms with Crippen LogP contribution in [0, 0.1) is 0 Å². The van der Waals surface area contributed by atoms with Crippen LogP contribution in [0.3, 0.4) is 0 Å². The molecule has 1 N–H and O–H groups in total. The molecule has 0 saturated carbocycles. The molecule has 0 aliphatic carbocycles. The molecule has 1 aliphatic rings.